The lowest BCUT2D eigenvalue weighted by atomic mass is 10.3. The first-order valence-electron chi connectivity index (χ1n) is 5.16. The Kier molecular flexibility index (Phi) is 3.76. The third kappa shape index (κ3) is 2.81. The van der Waals surface area contributed by atoms with Gasteiger partial charge in [-0.1, -0.05) is 17.7 Å². The van der Waals surface area contributed by atoms with Gasteiger partial charge in [-0.3, -0.25) is 10.1 Å². The van der Waals surface area contributed by atoms with Crippen LogP contribution in [0.5, 0.6) is 11.8 Å². The van der Waals surface area contributed by atoms with Gasteiger partial charge >= 0.3 is 17.7 Å². The largest absolute Gasteiger partial charge is 0.477 e. The molecule has 20 heavy (non-hydrogen) atoms. The van der Waals surface area contributed by atoms with Crippen molar-refractivity contribution in [1.29, 1.82) is 0 Å². The van der Waals surface area contributed by atoms with E-state index in [1.54, 1.807) is 0 Å². The van der Waals surface area contributed by atoms with E-state index in [0.29, 0.717) is 0 Å². The smallest absolute Gasteiger partial charge is 0.354 e. The highest BCUT2D eigenvalue weighted by Crippen LogP contribution is 2.36. The summed E-state index contributed by atoms with van der Waals surface area (Å²) in [4.78, 5) is 28.2. The molecule has 0 unspecified atom stereocenters. The average molecular weight is 296 g/mol. The van der Waals surface area contributed by atoms with Crippen molar-refractivity contribution in [1.82, 2.24) is 9.97 Å². The Labute approximate surface area is 116 Å². The molecule has 0 radical (unpaired) electrons. The van der Waals surface area contributed by atoms with E-state index in [0.717, 1.165) is 12.3 Å². The SMILES string of the molecule is O=C(O)c1ccnc(Oc2c(Cl)cccc2[N+](=O)[O-])n1. The van der Waals surface area contributed by atoms with E-state index in [2.05, 4.69) is 9.97 Å². The molecule has 0 bridgehead atoms. The molecule has 0 atom stereocenters. The fourth-order valence-corrected chi connectivity index (χ4v) is 1.55. The predicted octanol–water partition coefficient (Wildman–Crippen LogP) is 2.53. The number of carboxylic acid groups (broad SMARTS) is 1. The van der Waals surface area contributed by atoms with Crippen LogP contribution in [0.15, 0.2) is 30.5 Å². The third-order valence-corrected chi connectivity index (χ3v) is 2.49. The van der Waals surface area contributed by atoms with Gasteiger partial charge in [0.1, 0.15) is 0 Å². The molecule has 1 aromatic carbocycles. The molecule has 0 fully saturated rings. The topological polar surface area (TPSA) is 115 Å². The highest BCUT2D eigenvalue weighted by molar-refractivity contribution is 6.32. The molecule has 2 aromatic rings. The first-order chi connectivity index (χ1) is 9.49. The van der Waals surface area contributed by atoms with Gasteiger partial charge in [0.25, 0.3) is 0 Å². The van der Waals surface area contributed by atoms with Crippen LogP contribution in [0.3, 0.4) is 0 Å². The Hall–Kier alpha value is -2.74. The lowest BCUT2D eigenvalue weighted by Gasteiger charge is -2.06. The number of aromatic nitrogens is 2. The van der Waals surface area contributed by atoms with Crippen molar-refractivity contribution < 1.29 is 19.6 Å². The molecule has 0 aliphatic carbocycles. The van der Waals surface area contributed by atoms with E-state index in [1.165, 1.54) is 18.2 Å². The van der Waals surface area contributed by atoms with Crippen molar-refractivity contribution >= 4 is 23.3 Å². The summed E-state index contributed by atoms with van der Waals surface area (Å²) in [5, 5.41) is 19.7. The van der Waals surface area contributed by atoms with Crippen LogP contribution in [0.25, 0.3) is 0 Å². The fourth-order valence-electron chi connectivity index (χ4n) is 1.34. The third-order valence-electron chi connectivity index (χ3n) is 2.19. The van der Waals surface area contributed by atoms with Crippen LogP contribution >= 0.6 is 11.6 Å². The minimum atomic E-state index is -1.27. The van der Waals surface area contributed by atoms with Crippen molar-refractivity contribution in [3.63, 3.8) is 0 Å². The highest BCUT2D eigenvalue weighted by atomic mass is 35.5. The van der Waals surface area contributed by atoms with Crippen LogP contribution in [0.2, 0.25) is 5.02 Å². The van der Waals surface area contributed by atoms with Crippen molar-refractivity contribution in [2.24, 2.45) is 0 Å². The lowest BCUT2D eigenvalue weighted by Crippen LogP contribution is -2.03. The maximum Gasteiger partial charge on any atom is 0.354 e. The number of hydrogen-bond acceptors (Lipinski definition) is 6. The van der Waals surface area contributed by atoms with Crippen LogP contribution in [0.4, 0.5) is 5.69 Å². The van der Waals surface area contributed by atoms with Crippen LogP contribution in [-0.4, -0.2) is 26.0 Å². The summed E-state index contributed by atoms with van der Waals surface area (Å²) in [6, 6.07) is 4.80. The zero-order valence-electron chi connectivity index (χ0n) is 9.69. The maximum atomic E-state index is 10.9. The van der Waals surface area contributed by atoms with Gasteiger partial charge in [0, 0.05) is 12.3 Å². The molecular formula is C11H6ClN3O5. The Morgan fingerprint density at radius 3 is 2.80 bits per heavy atom. The average Bonchev–Trinajstić information content (AvgIpc) is 2.41. The molecule has 0 saturated carbocycles. The van der Waals surface area contributed by atoms with Gasteiger partial charge in [0.15, 0.2) is 5.69 Å². The molecule has 1 N–H and O–H groups in total. The highest BCUT2D eigenvalue weighted by Gasteiger charge is 2.20. The predicted molar refractivity (Wildman–Crippen MR) is 67.2 cm³/mol. The first kappa shape index (κ1) is 13.7. The molecule has 8 nitrogen and oxygen atoms in total. The van der Waals surface area contributed by atoms with Crippen molar-refractivity contribution in [3.8, 4) is 11.8 Å². The summed E-state index contributed by atoms with van der Waals surface area (Å²) in [5.41, 5.74) is -0.675. The van der Waals surface area contributed by atoms with Crippen molar-refractivity contribution in [2.75, 3.05) is 0 Å². The van der Waals surface area contributed by atoms with E-state index in [-0.39, 0.29) is 28.2 Å². The number of carbonyl (C=O) groups is 1. The van der Waals surface area contributed by atoms with Gasteiger partial charge in [0.2, 0.25) is 5.75 Å². The fraction of sp³-hybridized carbons (Fsp3) is 0. The number of ether oxygens (including phenoxy) is 1. The van der Waals surface area contributed by atoms with E-state index in [4.69, 9.17) is 21.4 Å². The molecule has 1 heterocycles. The Bertz CT molecular complexity index is 692. The lowest BCUT2D eigenvalue weighted by molar-refractivity contribution is -0.385. The second kappa shape index (κ2) is 5.49. The van der Waals surface area contributed by atoms with Crippen molar-refractivity contribution in [3.05, 3.63) is 51.3 Å². The number of carboxylic acids is 1. The minimum absolute atomic E-state index is 0.0106. The number of rotatable bonds is 4. The number of nitro groups is 1. The zero-order valence-corrected chi connectivity index (χ0v) is 10.4. The molecule has 0 spiro atoms. The summed E-state index contributed by atoms with van der Waals surface area (Å²) >= 11 is 5.82. The quantitative estimate of drug-likeness (QED) is 0.680. The number of aromatic carboxylic acids is 1. The summed E-state index contributed by atoms with van der Waals surface area (Å²) in [5.74, 6) is -1.52. The van der Waals surface area contributed by atoms with Crippen LogP contribution < -0.4 is 4.74 Å². The van der Waals surface area contributed by atoms with Gasteiger partial charge < -0.3 is 9.84 Å². The Morgan fingerprint density at radius 1 is 1.40 bits per heavy atom. The molecule has 0 amide bonds. The number of para-hydroxylation sites is 1. The number of nitrogens with zero attached hydrogens (tertiary/aromatic N) is 3. The van der Waals surface area contributed by atoms with Gasteiger partial charge in [-0.25, -0.2) is 9.78 Å². The summed E-state index contributed by atoms with van der Waals surface area (Å²) in [6.07, 6.45) is 1.16. The van der Waals surface area contributed by atoms with Crippen LogP contribution in [0, 0.1) is 10.1 Å². The normalized spacial score (nSPS) is 10.1. The molecule has 0 aliphatic heterocycles. The first-order valence-corrected chi connectivity index (χ1v) is 5.54. The number of hydrogen-bond donors (Lipinski definition) is 1. The molecular weight excluding hydrogens is 290 g/mol. The molecule has 1 aromatic heterocycles. The zero-order chi connectivity index (χ0) is 14.7. The van der Waals surface area contributed by atoms with Crippen LogP contribution in [0.1, 0.15) is 10.5 Å². The van der Waals surface area contributed by atoms with Gasteiger partial charge in [-0.15, -0.1) is 0 Å². The van der Waals surface area contributed by atoms with E-state index < -0.39 is 10.9 Å². The van der Waals surface area contributed by atoms with Crippen LogP contribution in [-0.2, 0) is 0 Å². The van der Waals surface area contributed by atoms with E-state index in [9.17, 15) is 14.9 Å². The Morgan fingerprint density at radius 2 is 2.15 bits per heavy atom. The van der Waals surface area contributed by atoms with Gasteiger partial charge in [-0.2, -0.15) is 4.98 Å². The minimum Gasteiger partial charge on any atom is -0.477 e. The molecule has 0 saturated heterocycles. The number of nitro benzene ring substituents is 1. The second-order valence-electron chi connectivity index (χ2n) is 3.48. The van der Waals surface area contributed by atoms with E-state index in [1.807, 2.05) is 0 Å². The van der Waals surface area contributed by atoms with Gasteiger partial charge in [0.05, 0.1) is 9.95 Å². The molecule has 0 aliphatic rings. The number of benzene rings is 1. The van der Waals surface area contributed by atoms with Crippen molar-refractivity contribution in [2.45, 2.75) is 0 Å². The maximum absolute atomic E-state index is 10.9. The summed E-state index contributed by atoms with van der Waals surface area (Å²) < 4.78 is 5.13. The monoisotopic (exact) mass is 295 g/mol. The second-order valence-corrected chi connectivity index (χ2v) is 3.88. The standard InChI is InChI=1S/C11H6ClN3O5/c12-6-2-1-3-8(15(18)19)9(6)20-11-13-5-4-7(14-11)10(16)17/h1-5H,(H,16,17). The molecule has 102 valence electrons. The van der Waals surface area contributed by atoms with Gasteiger partial charge in [-0.05, 0) is 12.1 Å². The Balaban J connectivity index is 2.42. The number of halogens is 1. The summed E-state index contributed by atoms with van der Waals surface area (Å²) in [7, 11) is 0. The van der Waals surface area contributed by atoms with E-state index >= 15 is 0 Å². The summed E-state index contributed by atoms with van der Waals surface area (Å²) in [6.45, 7) is 0. The molecule has 9 heteroatoms. The molecule has 2 rings (SSSR count).